The number of rotatable bonds is 6. The first-order valence-corrected chi connectivity index (χ1v) is 8.55. The van der Waals surface area contributed by atoms with Gasteiger partial charge in [0, 0.05) is 10.5 Å². The molecule has 1 aromatic carbocycles. The summed E-state index contributed by atoms with van der Waals surface area (Å²) in [6.45, 7) is 5.79. The molecule has 1 amide bonds. The van der Waals surface area contributed by atoms with Crippen molar-refractivity contribution in [2.45, 2.75) is 39.3 Å². The van der Waals surface area contributed by atoms with Crippen LogP contribution in [0, 0.1) is 0 Å². The van der Waals surface area contributed by atoms with E-state index in [0.29, 0.717) is 16.6 Å². The summed E-state index contributed by atoms with van der Waals surface area (Å²) in [5.41, 5.74) is 0. The molecule has 5 nitrogen and oxygen atoms in total. The van der Waals surface area contributed by atoms with Crippen LogP contribution >= 0.6 is 27.5 Å². The first-order valence-electron chi connectivity index (χ1n) is 7.38. The number of nitrogens with zero attached hydrogens (tertiary/aromatic N) is 2. The van der Waals surface area contributed by atoms with E-state index in [2.05, 4.69) is 33.3 Å². The third kappa shape index (κ3) is 4.48. The number of nitrogens with one attached hydrogen (secondary N) is 1. The quantitative estimate of drug-likeness (QED) is 0.766. The molecule has 2 aromatic rings. The normalized spacial score (nSPS) is 13.4. The van der Waals surface area contributed by atoms with Crippen molar-refractivity contribution in [3.8, 4) is 5.75 Å². The Balaban J connectivity index is 2.04. The topological polar surface area (TPSA) is 56.2 Å². The predicted octanol–water partition coefficient (Wildman–Crippen LogP) is 4.68. The minimum Gasteiger partial charge on any atom is -0.479 e. The summed E-state index contributed by atoms with van der Waals surface area (Å²) in [6.07, 6.45) is 1.90. The first-order chi connectivity index (χ1) is 10.9. The van der Waals surface area contributed by atoms with Crippen LogP contribution in [0.1, 0.15) is 33.2 Å². The van der Waals surface area contributed by atoms with Crippen molar-refractivity contribution in [3.05, 3.63) is 40.0 Å². The average molecular weight is 401 g/mol. The average Bonchev–Trinajstić information content (AvgIpc) is 2.97. The van der Waals surface area contributed by atoms with Gasteiger partial charge < -0.3 is 10.1 Å². The van der Waals surface area contributed by atoms with E-state index >= 15 is 0 Å². The lowest BCUT2D eigenvalue weighted by molar-refractivity contribution is -0.122. The molecule has 7 heteroatoms. The molecule has 0 radical (unpaired) electrons. The SMILES string of the molecule is CC[C@H](C)n1nccc1NC(=O)[C@@H](C)Oc1ccc(Br)cc1Cl. The van der Waals surface area contributed by atoms with Gasteiger partial charge in [0.2, 0.25) is 0 Å². The maximum absolute atomic E-state index is 12.3. The van der Waals surface area contributed by atoms with Crippen LogP contribution in [0.5, 0.6) is 5.75 Å². The summed E-state index contributed by atoms with van der Waals surface area (Å²) in [5, 5.41) is 7.53. The molecule has 0 aliphatic heterocycles. The molecule has 1 N–H and O–H groups in total. The lowest BCUT2D eigenvalue weighted by Gasteiger charge is -2.18. The van der Waals surface area contributed by atoms with Crippen LogP contribution in [-0.4, -0.2) is 21.8 Å². The van der Waals surface area contributed by atoms with E-state index in [-0.39, 0.29) is 11.9 Å². The molecule has 0 saturated heterocycles. The fourth-order valence-electron chi connectivity index (χ4n) is 1.98. The zero-order chi connectivity index (χ0) is 17.0. The summed E-state index contributed by atoms with van der Waals surface area (Å²) < 4.78 is 8.28. The molecule has 2 rings (SSSR count). The number of halogens is 2. The Labute approximate surface area is 149 Å². The van der Waals surface area contributed by atoms with Gasteiger partial charge in [-0.15, -0.1) is 0 Å². The van der Waals surface area contributed by atoms with Crippen molar-refractivity contribution in [2.24, 2.45) is 0 Å². The standard InChI is InChI=1S/C16H19BrClN3O2/c1-4-10(2)21-15(7-8-19-21)20-16(22)11(3)23-14-6-5-12(17)9-13(14)18/h5-11H,4H2,1-3H3,(H,20,22)/t10-,11+/m0/s1. The summed E-state index contributed by atoms with van der Waals surface area (Å²) in [7, 11) is 0. The van der Waals surface area contributed by atoms with Gasteiger partial charge in [-0.2, -0.15) is 5.10 Å². The van der Waals surface area contributed by atoms with Crippen molar-refractivity contribution in [2.75, 3.05) is 5.32 Å². The van der Waals surface area contributed by atoms with Crippen LogP contribution in [0.3, 0.4) is 0 Å². The highest BCUT2D eigenvalue weighted by Crippen LogP contribution is 2.28. The van der Waals surface area contributed by atoms with Crippen molar-refractivity contribution < 1.29 is 9.53 Å². The van der Waals surface area contributed by atoms with E-state index in [9.17, 15) is 4.79 Å². The van der Waals surface area contributed by atoms with Crippen LogP contribution in [0.25, 0.3) is 0 Å². The largest absolute Gasteiger partial charge is 0.479 e. The maximum atomic E-state index is 12.3. The van der Waals surface area contributed by atoms with Gasteiger partial charge in [0.05, 0.1) is 17.3 Å². The molecule has 0 saturated carbocycles. The van der Waals surface area contributed by atoms with E-state index in [4.69, 9.17) is 16.3 Å². The van der Waals surface area contributed by atoms with Gasteiger partial charge in [-0.1, -0.05) is 34.5 Å². The summed E-state index contributed by atoms with van der Waals surface area (Å²) in [6, 6.07) is 7.23. The highest BCUT2D eigenvalue weighted by Gasteiger charge is 2.19. The fraction of sp³-hybridized carbons (Fsp3) is 0.375. The minimum absolute atomic E-state index is 0.206. The highest BCUT2D eigenvalue weighted by atomic mass is 79.9. The van der Waals surface area contributed by atoms with Crippen molar-refractivity contribution >= 4 is 39.3 Å². The second-order valence-corrected chi connectivity index (χ2v) is 6.57. The fourth-order valence-corrected chi connectivity index (χ4v) is 2.70. The number of benzene rings is 1. The third-order valence-corrected chi connectivity index (χ3v) is 4.29. The van der Waals surface area contributed by atoms with Crippen LogP contribution in [0.15, 0.2) is 34.9 Å². The Morgan fingerprint density at radius 2 is 2.17 bits per heavy atom. The summed E-state index contributed by atoms with van der Waals surface area (Å²) >= 11 is 9.44. The lowest BCUT2D eigenvalue weighted by Crippen LogP contribution is -2.31. The number of ether oxygens (including phenoxy) is 1. The lowest BCUT2D eigenvalue weighted by atomic mass is 10.3. The Morgan fingerprint density at radius 1 is 1.43 bits per heavy atom. The van der Waals surface area contributed by atoms with Gasteiger partial charge in [0.25, 0.3) is 5.91 Å². The number of anilines is 1. The monoisotopic (exact) mass is 399 g/mol. The second-order valence-electron chi connectivity index (χ2n) is 5.24. The van der Waals surface area contributed by atoms with E-state index < -0.39 is 6.10 Å². The smallest absolute Gasteiger partial charge is 0.266 e. The Kier molecular flexibility index (Phi) is 6.07. The number of hydrogen-bond acceptors (Lipinski definition) is 3. The number of carbonyl (C=O) groups excluding carboxylic acids is 1. The van der Waals surface area contributed by atoms with Gasteiger partial charge in [0.15, 0.2) is 6.10 Å². The van der Waals surface area contributed by atoms with E-state index in [1.165, 1.54) is 0 Å². The first kappa shape index (κ1) is 17.8. The van der Waals surface area contributed by atoms with E-state index in [0.717, 1.165) is 10.9 Å². The summed E-state index contributed by atoms with van der Waals surface area (Å²) in [5.74, 6) is 0.865. The van der Waals surface area contributed by atoms with Gasteiger partial charge in [-0.3, -0.25) is 4.79 Å². The minimum atomic E-state index is -0.686. The number of hydrogen-bond donors (Lipinski definition) is 1. The van der Waals surface area contributed by atoms with Crippen LogP contribution in [0.4, 0.5) is 5.82 Å². The van der Waals surface area contributed by atoms with Crippen LogP contribution in [-0.2, 0) is 4.79 Å². The zero-order valence-corrected chi connectivity index (χ0v) is 15.6. The van der Waals surface area contributed by atoms with E-state index in [1.807, 2.05) is 13.0 Å². The molecule has 23 heavy (non-hydrogen) atoms. The number of amides is 1. The molecule has 0 aliphatic rings. The van der Waals surface area contributed by atoms with Gasteiger partial charge >= 0.3 is 0 Å². The molecule has 0 bridgehead atoms. The number of aromatic nitrogens is 2. The van der Waals surface area contributed by atoms with Gasteiger partial charge in [0.1, 0.15) is 11.6 Å². The van der Waals surface area contributed by atoms with Gasteiger partial charge in [-0.25, -0.2) is 4.68 Å². The van der Waals surface area contributed by atoms with E-state index in [1.54, 1.807) is 36.0 Å². The third-order valence-electron chi connectivity index (χ3n) is 3.50. The molecular weight excluding hydrogens is 382 g/mol. The van der Waals surface area contributed by atoms with Crippen molar-refractivity contribution in [3.63, 3.8) is 0 Å². The van der Waals surface area contributed by atoms with Crippen molar-refractivity contribution in [1.29, 1.82) is 0 Å². The molecule has 2 atom stereocenters. The molecule has 1 aromatic heterocycles. The molecule has 0 unspecified atom stereocenters. The van der Waals surface area contributed by atoms with Crippen molar-refractivity contribution in [1.82, 2.24) is 9.78 Å². The Bertz CT molecular complexity index is 690. The Hall–Kier alpha value is -1.53. The van der Waals surface area contributed by atoms with Crippen LogP contribution in [0.2, 0.25) is 5.02 Å². The molecule has 0 fully saturated rings. The highest BCUT2D eigenvalue weighted by molar-refractivity contribution is 9.10. The molecule has 1 heterocycles. The maximum Gasteiger partial charge on any atom is 0.266 e. The molecule has 0 spiro atoms. The van der Waals surface area contributed by atoms with Gasteiger partial charge in [-0.05, 0) is 38.5 Å². The number of carbonyl (C=O) groups is 1. The van der Waals surface area contributed by atoms with Crippen LogP contribution < -0.4 is 10.1 Å². The molecule has 0 aliphatic carbocycles. The molecular formula is C16H19BrClN3O2. The summed E-state index contributed by atoms with van der Waals surface area (Å²) in [4.78, 5) is 12.3. The zero-order valence-electron chi connectivity index (χ0n) is 13.2. The molecule has 124 valence electrons. The second kappa shape index (κ2) is 7.84. The predicted molar refractivity (Wildman–Crippen MR) is 95.1 cm³/mol. The Morgan fingerprint density at radius 3 is 2.83 bits per heavy atom.